The van der Waals surface area contributed by atoms with Crippen LogP contribution in [-0.2, 0) is 6.54 Å². The Labute approximate surface area is 80.8 Å². The van der Waals surface area contributed by atoms with E-state index in [0.29, 0.717) is 12.1 Å². The van der Waals surface area contributed by atoms with Gasteiger partial charge in [-0.15, -0.1) is 0 Å². The number of aromatic hydroxyl groups is 1. The lowest BCUT2D eigenvalue weighted by atomic mass is 10.2. The monoisotopic (exact) mass is 190 g/mol. The highest BCUT2D eigenvalue weighted by Crippen LogP contribution is 2.19. The average molecular weight is 190 g/mol. The molecule has 1 aromatic heterocycles. The molecular weight excluding hydrogens is 180 g/mol. The summed E-state index contributed by atoms with van der Waals surface area (Å²) in [4.78, 5) is 1.47. The molecule has 0 saturated carbocycles. The van der Waals surface area contributed by atoms with Crippen molar-refractivity contribution in [2.24, 2.45) is 5.73 Å². The summed E-state index contributed by atoms with van der Waals surface area (Å²) in [5.74, 6) is 0.198. The van der Waals surface area contributed by atoms with Crippen molar-refractivity contribution in [3.63, 3.8) is 0 Å². The molecule has 0 aliphatic carbocycles. The van der Waals surface area contributed by atoms with E-state index in [1.807, 2.05) is 0 Å². The summed E-state index contributed by atoms with van der Waals surface area (Å²) in [6.07, 6.45) is 3.18. The van der Waals surface area contributed by atoms with Crippen molar-refractivity contribution >= 4 is 0 Å². The highest BCUT2D eigenvalue weighted by Gasteiger charge is 2.02. The maximum Gasteiger partial charge on any atom is 0.120 e. The summed E-state index contributed by atoms with van der Waals surface area (Å²) in [5.41, 5.74) is 6.93. The number of rotatable bonds is 2. The molecule has 0 aliphatic rings. The first-order valence-electron chi connectivity index (χ1n) is 4.20. The van der Waals surface area contributed by atoms with Crippen LogP contribution in [0, 0.1) is 0 Å². The van der Waals surface area contributed by atoms with Crippen molar-refractivity contribution in [3.8, 4) is 11.4 Å². The largest absolute Gasteiger partial charge is 0.508 e. The molecule has 1 heterocycles. The Morgan fingerprint density at radius 1 is 1.29 bits per heavy atom. The van der Waals surface area contributed by atoms with E-state index >= 15 is 0 Å². The molecule has 0 unspecified atom stereocenters. The second kappa shape index (κ2) is 3.47. The third-order valence-corrected chi connectivity index (χ3v) is 1.93. The van der Waals surface area contributed by atoms with Crippen LogP contribution >= 0.6 is 0 Å². The van der Waals surface area contributed by atoms with Crippen molar-refractivity contribution in [1.29, 1.82) is 0 Å². The first kappa shape index (κ1) is 8.71. The normalized spacial score (nSPS) is 10.4. The lowest BCUT2D eigenvalue weighted by Gasteiger charge is -2.04. The topological polar surface area (TPSA) is 77.0 Å². The SMILES string of the molecule is NCc1cc(-n2nccn2)ccc1O. The Kier molecular flexibility index (Phi) is 2.16. The van der Waals surface area contributed by atoms with Crippen LogP contribution in [0.5, 0.6) is 5.75 Å². The molecule has 0 spiro atoms. The van der Waals surface area contributed by atoms with Crippen LogP contribution in [0.3, 0.4) is 0 Å². The fourth-order valence-corrected chi connectivity index (χ4v) is 1.21. The summed E-state index contributed by atoms with van der Waals surface area (Å²) >= 11 is 0. The number of phenolic OH excluding ortho intramolecular Hbond substituents is 1. The predicted octanol–water partition coefficient (Wildman–Crippen LogP) is 0.432. The highest BCUT2D eigenvalue weighted by atomic mass is 16.3. The van der Waals surface area contributed by atoms with E-state index in [-0.39, 0.29) is 5.75 Å². The van der Waals surface area contributed by atoms with Gasteiger partial charge in [-0.25, -0.2) is 0 Å². The molecule has 0 fully saturated rings. The van der Waals surface area contributed by atoms with Gasteiger partial charge in [-0.2, -0.15) is 15.0 Å². The summed E-state index contributed by atoms with van der Waals surface area (Å²) in [7, 11) is 0. The van der Waals surface area contributed by atoms with Crippen molar-refractivity contribution in [1.82, 2.24) is 15.0 Å². The van der Waals surface area contributed by atoms with Gasteiger partial charge in [0.05, 0.1) is 18.1 Å². The lowest BCUT2D eigenvalue weighted by molar-refractivity contribution is 0.468. The van der Waals surface area contributed by atoms with Gasteiger partial charge in [0.1, 0.15) is 5.75 Å². The van der Waals surface area contributed by atoms with Crippen LogP contribution in [-0.4, -0.2) is 20.1 Å². The summed E-state index contributed by atoms with van der Waals surface area (Å²) < 4.78 is 0. The molecule has 14 heavy (non-hydrogen) atoms. The molecule has 2 rings (SSSR count). The second-order valence-electron chi connectivity index (χ2n) is 2.84. The van der Waals surface area contributed by atoms with E-state index in [0.717, 1.165) is 5.69 Å². The third-order valence-electron chi connectivity index (χ3n) is 1.93. The van der Waals surface area contributed by atoms with Gasteiger partial charge in [-0.1, -0.05) is 0 Å². The van der Waals surface area contributed by atoms with Crippen LogP contribution in [0.2, 0.25) is 0 Å². The first-order chi connectivity index (χ1) is 6.81. The lowest BCUT2D eigenvalue weighted by Crippen LogP contribution is -2.02. The van der Waals surface area contributed by atoms with E-state index in [4.69, 9.17) is 5.73 Å². The average Bonchev–Trinajstić information content (AvgIpc) is 2.71. The van der Waals surface area contributed by atoms with Crippen molar-refractivity contribution < 1.29 is 5.11 Å². The minimum atomic E-state index is 0.198. The highest BCUT2D eigenvalue weighted by molar-refractivity contribution is 5.42. The summed E-state index contributed by atoms with van der Waals surface area (Å²) in [6, 6.07) is 5.07. The van der Waals surface area contributed by atoms with Crippen LogP contribution in [0.15, 0.2) is 30.6 Å². The summed E-state index contributed by atoms with van der Waals surface area (Å²) in [6.45, 7) is 0.293. The molecule has 5 heteroatoms. The maximum atomic E-state index is 9.40. The molecule has 1 aromatic carbocycles. The molecule has 0 amide bonds. The van der Waals surface area contributed by atoms with Gasteiger partial charge in [-0.3, -0.25) is 0 Å². The fourth-order valence-electron chi connectivity index (χ4n) is 1.21. The smallest absolute Gasteiger partial charge is 0.120 e. The third kappa shape index (κ3) is 1.45. The predicted molar refractivity (Wildman–Crippen MR) is 50.9 cm³/mol. The number of phenols is 1. The molecular formula is C9H10N4O. The van der Waals surface area contributed by atoms with Gasteiger partial charge < -0.3 is 10.8 Å². The van der Waals surface area contributed by atoms with Gasteiger partial charge in [0.25, 0.3) is 0 Å². The Balaban J connectivity index is 2.46. The van der Waals surface area contributed by atoms with Crippen molar-refractivity contribution in [3.05, 3.63) is 36.2 Å². The zero-order chi connectivity index (χ0) is 9.97. The number of nitrogens with two attached hydrogens (primary N) is 1. The van der Waals surface area contributed by atoms with Crippen LogP contribution in [0.4, 0.5) is 0 Å². The van der Waals surface area contributed by atoms with Crippen molar-refractivity contribution in [2.45, 2.75) is 6.54 Å². The minimum Gasteiger partial charge on any atom is -0.508 e. The number of nitrogens with zero attached hydrogens (tertiary/aromatic N) is 3. The first-order valence-corrected chi connectivity index (χ1v) is 4.20. The van der Waals surface area contributed by atoms with Gasteiger partial charge in [-0.05, 0) is 18.2 Å². The van der Waals surface area contributed by atoms with Gasteiger partial charge in [0.15, 0.2) is 0 Å². The van der Waals surface area contributed by atoms with Crippen LogP contribution in [0.25, 0.3) is 5.69 Å². The Bertz CT molecular complexity index is 424. The molecule has 0 atom stereocenters. The number of aromatic nitrogens is 3. The second-order valence-corrected chi connectivity index (χ2v) is 2.84. The number of hydrogen-bond donors (Lipinski definition) is 2. The number of hydrogen-bond acceptors (Lipinski definition) is 4. The molecule has 0 bridgehead atoms. The molecule has 0 aliphatic heterocycles. The minimum absolute atomic E-state index is 0.198. The Morgan fingerprint density at radius 3 is 2.64 bits per heavy atom. The van der Waals surface area contributed by atoms with E-state index in [2.05, 4.69) is 10.2 Å². The number of benzene rings is 1. The molecule has 2 aromatic rings. The Morgan fingerprint density at radius 2 is 2.00 bits per heavy atom. The molecule has 0 saturated heterocycles. The van der Waals surface area contributed by atoms with Crippen molar-refractivity contribution in [2.75, 3.05) is 0 Å². The van der Waals surface area contributed by atoms with Gasteiger partial charge in [0, 0.05) is 12.1 Å². The zero-order valence-corrected chi connectivity index (χ0v) is 7.46. The molecule has 3 N–H and O–H groups in total. The van der Waals surface area contributed by atoms with Gasteiger partial charge in [0.2, 0.25) is 0 Å². The van der Waals surface area contributed by atoms with E-state index in [1.54, 1.807) is 30.6 Å². The van der Waals surface area contributed by atoms with E-state index in [1.165, 1.54) is 4.80 Å². The van der Waals surface area contributed by atoms with E-state index in [9.17, 15) is 5.11 Å². The maximum absolute atomic E-state index is 9.40. The molecule has 0 radical (unpaired) electrons. The van der Waals surface area contributed by atoms with Crippen LogP contribution < -0.4 is 5.73 Å². The molecule has 5 nitrogen and oxygen atoms in total. The van der Waals surface area contributed by atoms with Crippen LogP contribution in [0.1, 0.15) is 5.56 Å². The fraction of sp³-hybridized carbons (Fsp3) is 0.111. The van der Waals surface area contributed by atoms with Gasteiger partial charge >= 0.3 is 0 Å². The zero-order valence-electron chi connectivity index (χ0n) is 7.46. The summed E-state index contributed by atoms with van der Waals surface area (Å²) in [5, 5.41) is 17.4. The quantitative estimate of drug-likeness (QED) is 0.720. The Hall–Kier alpha value is -1.88. The van der Waals surface area contributed by atoms with E-state index < -0.39 is 0 Å². The standard InChI is InChI=1S/C9H10N4O/c10-6-7-5-8(1-2-9(7)14)13-11-3-4-12-13/h1-5,14H,6,10H2. The molecule has 72 valence electrons.